The van der Waals surface area contributed by atoms with Crippen molar-refractivity contribution in [1.82, 2.24) is 4.31 Å². The molecule has 1 aromatic rings. The Morgan fingerprint density at radius 1 is 1.43 bits per heavy atom. The van der Waals surface area contributed by atoms with Crippen LogP contribution in [0.15, 0.2) is 23.1 Å². The monoisotopic (exact) mass is 317 g/mol. The Bertz CT molecular complexity index is 637. The molecule has 118 valence electrons. The van der Waals surface area contributed by atoms with Crippen LogP contribution in [0.2, 0.25) is 0 Å². The molecule has 0 amide bonds. The molecular formula is C12H19N3O5S. The molecule has 0 atom stereocenters. The van der Waals surface area contributed by atoms with Crippen molar-refractivity contribution in [1.29, 1.82) is 0 Å². The van der Waals surface area contributed by atoms with E-state index >= 15 is 0 Å². The Balaban J connectivity index is 3.42. The van der Waals surface area contributed by atoms with Crippen molar-refractivity contribution in [2.45, 2.75) is 31.3 Å². The molecule has 0 fully saturated rings. The summed E-state index contributed by atoms with van der Waals surface area (Å²) in [7, 11) is -4.13. The highest BCUT2D eigenvalue weighted by atomic mass is 32.2. The summed E-state index contributed by atoms with van der Waals surface area (Å²) in [5.74, 6) is 0. The molecule has 0 bridgehead atoms. The molecule has 0 saturated carbocycles. The summed E-state index contributed by atoms with van der Waals surface area (Å²) in [6.07, 6.45) is 0. The van der Waals surface area contributed by atoms with Crippen molar-refractivity contribution in [3.63, 3.8) is 0 Å². The first-order chi connectivity index (χ1) is 9.49. The molecule has 1 rings (SSSR count). The minimum Gasteiger partial charge on any atom is -0.399 e. The zero-order valence-corrected chi connectivity index (χ0v) is 12.9. The van der Waals surface area contributed by atoms with E-state index in [2.05, 4.69) is 0 Å². The summed E-state index contributed by atoms with van der Waals surface area (Å²) in [6.45, 7) is 4.38. The smallest absolute Gasteiger partial charge is 0.289 e. The molecule has 0 aromatic heterocycles. The second-order valence-electron chi connectivity index (χ2n) is 5.23. The zero-order valence-electron chi connectivity index (χ0n) is 12.1. The van der Waals surface area contributed by atoms with Crippen LogP contribution < -0.4 is 5.73 Å². The number of anilines is 1. The zero-order chi connectivity index (χ0) is 16.4. The van der Waals surface area contributed by atoms with Gasteiger partial charge in [-0.2, -0.15) is 4.31 Å². The molecular weight excluding hydrogens is 298 g/mol. The van der Waals surface area contributed by atoms with E-state index in [4.69, 9.17) is 5.73 Å². The fourth-order valence-electron chi connectivity index (χ4n) is 1.83. The van der Waals surface area contributed by atoms with E-state index in [0.717, 1.165) is 16.4 Å². The summed E-state index contributed by atoms with van der Waals surface area (Å²) in [4.78, 5) is 9.76. The van der Waals surface area contributed by atoms with Gasteiger partial charge in [-0.25, -0.2) is 8.42 Å². The van der Waals surface area contributed by atoms with Gasteiger partial charge in [0.05, 0.1) is 10.5 Å². The quantitative estimate of drug-likeness (QED) is 0.457. The van der Waals surface area contributed by atoms with Crippen LogP contribution in [-0.2, 0) is 10.0 Å². The van der Waals surface area contributed by atoms with E-state index in [1.807, 2.05) is 0 Å². The summed E-state index contributed by atoms with van der Waals surface area (Å²) in [6, 6.07) is 3.38. The highest BCUT2D eigenvalue weighted by molar-refractivity contribution is 7.89. The Morgan fingerprint density at radius 3 is 2.43 bits per heavy atom. The minimum absolute atomic E-state index is 0.0677. The van der Waals surface area contributed by atoms with Crippen LogP contribution in [-0.4, -0.2) is 41.4 Å². The summed E-state index contributed by atoms with van der Waals surface area (Å²) in [5.41, 5.74) is 3.84. The number of aliphatic hydroxyl groups is 1. The molecule has 9 heteroatoms. The molecule has 0 radical (unpaired) electrons. The first-order valence-corrected chi connectivity index (χ1v) is 7.69. The molecule has 3 N–H and O–H groups in total. The number of nitro benzene ring substituents is 1. The molecule has 0 aliphatic carbocycles. The van der Waals surface area contributed by atoms with E-state index in [0.29, 0.717) is 0 Å². The van der Waals surface area contributed by atoms with Crippen molar-refractivity contribution in [2.24, 2.45) is 0 Å². The normalized spacial score (nSPS) is 12.6. The molecule has 0 heterocycles. The Morgan fingerprint density at radius 2 is 2.00 bits per heavy atom. The predicted octanol–water partition coefficient (Wildman–Crippen LogP) is 0.959. The molecule has 0 spiro atoms. The molecule has 8 nitrogen and oxygen atoms in total. The van der Waals surface area contributed by atoms with Gasteiger partial charge in [0.2, 0.25) is 10.0 Å². The highest BCUT2D eigenvalue weighted by Gasteiger charge is 2.33. The van der Waals surface area contributed by atoms with Gasteiger partial charge in [0, 0.05) is 24.8 Å². The Labute approximate surface area is 123 Å². The predicted molar refractivity (Wildman–Crippen MR) is 78.2 cm³/mol. The number of benzene rings is 1. The van der Waals surface area contributed by atoms with Gasteiger partial charge in [0.1, 0.15) is 0 Å². The van der Waals surface area contributed by atoms with Gasteiger partial charge in [0.25, 0.3) is 5.69 Å². The third-order valence-electron chi connectivity index (χ3n) is 2.71. The van der Waals surface area contributed by atoms with Crippen LogP contribution >= 0.6 is 0 Å². The first-order valence-electron chi connectivity index (χ1n) is 6.25. The van der Waals surface area contributed by atoms with Gasteiger partial charge in [-0.3, -0.25) is 10.1 Å². The number of rotatable bonds is 6. The van der Waals surface area contributed by atoms with Gasteiger partial charge in [-0.05, 0) is 26.0 Å². The van der Waals surface area contributed by atoms with Crippen LogP contribution in [0.25, 0.3) is 0 Å². The van der Waals surface area contributed by atoms with Crippen molar-refractivity contribution in [3.05, 3.63) is 28.3 Å². The fourth-order valence-corrected chi connectivity index (χ4v) is 3.62. The lowest BCUT2D eigenvalue weighted by atomic mass is 10.1. The van der Waals surface area contributed by atoms with Gasteiger partial charge >= 0.3 is 0 Å². The number of nitrogens with zero attached hydrogens (tertiary/aromatic N) is 2. The second kappa shape index (κ2) is 5.96. The van der Waals surface area contributed by atoms with E-state index < -0.39 is 31.1 Å². The van der Waals surface area contributed by atoms with Crippen LogP contribution in [0.3, 0.4) is 0 Å². The highest BCUT2D eigenvalue weighted by Crippen LogP contribution is 2.29. The maximum absolute atomic E-state index is 12.6. The summed E-state index contributed by atoms with van der Waals surface area (Å²) >= 11 is 0. The summed E-state index contributed by atoms with van der Waals surface area (Å²) < 4.78 is 26.1. The third-order valence-corrected chi connectivity index (χ3v) is 4.66. The lowest BCUT2D eigenvalue weighted by molar-refractivity contribution is -0.387. The second-order valence-corrected chi connectivity index (χ2v) is 7.13. The van der Waals surface area contributed by atoms with E-state index in [1.54, 1.807) is 6.92 Å². The van der Waals surface area contributed by atoms with Crippen LogP contribution in [0.4, 0.5) is 11.4 Å². The van der Waals surface area contributed by atoms with Gasteiger partial charge in [0.15, 0.2) is 4.90 Å². The number of nitro groups is 1. The first kappa shape index (κ1) is 17.3. The lowest BCUT2D eigenvalue weighted by Crippen LogP contribution is -2.42. The fraction of sp³-hybridized carbons (Fsp3) is 0.500. The number of sulfonamides is 1. The number of hydrogen-bond donors (Lipinski definition) is 2. The number of likely N-dealkylation sites (N-methyl/N-ethyl adjacent to an activating group) is 1. The average Bonchev–Trinajstić information content (AvgIpc) is 2.34. The van der Waals surface area contributed by atoms with E-state index in [9.17, 15) is 23.6 Å². The number of hydrogen-bond acceptors (Lipinski definition) is 6. The van der Waals surface area contributed by atoms with E-state index in [-0.39, 0.29) is 18.8 Å². The maximum atomic E-state index is 12.6. The van der Waals surface area contributed by atoms with Crippen LogP contribution in [0.1, 0.15) is 20.8 Å². The standard InChI is InChI=1S/C12H19N3O5S/c1-4-14(8-12(2,3)16)21(19,20)11-7-9(13)5-6-10(11)15(17)18/h5-7,16H,4,8,13H2,1-3H3. The molecule has 0 saturated heterocycles. The minimum atomic E-state index is -4.13. The van der Waals surface area contributed by atoms with Crippen LogP contribution in [0, 0.1) is 10.1 Å². The lowest BCUT2D eigenvalue weighted by Gasteiger charge is -2.27. The van der Waals surface area contributed by atoms with Crippen molar-refractivity contribution in [2.75, 3.05) is 18.8 Å². The summed E-state index contributed by atoms with van der Waals surface area (Å²) in [5, 5.41) is 20.8. The molecule has 0 aliphatic heterocycles. The number of nitrogens with two attached hydrogens (primary N) is 1. The van der Waals surface area contributed by atoms with Gasteiger partial charge in [-0.1, -0.05) is 6.92 Å². The van der Waals surface area contributed by atoms with Crippen molar-refractivity contribution >= 4 is 21.4 Å². The SMILES string of the molecule is CCN(CC(C)(C)O)S(=O)(=O)c1cc(N)ccc1[N+](=O)[O-]. The van der Waals surface area contributed by atoms with Gasteiger partial charge in [-0.15, -0.1) is 0 Å². The number of nitrogen functional groups attached to an aromatic ring is 1. The topological polar surface area (TPSA) is 127 Å². The van der Waals surface area contributed by atoms with Crippen LogP contribution in [0.5, 0.6) is 0 Å². The third kappa shape index (κ3) is 4.13. The molecule has 0 aliphatic rings. The Kier molecular flexibility index (Phi) is 4.92. The Hall–Kier alpha value is -1.71. The maximum Gasteiger partial charge on any atom is 0.289 e. The average molecular weight is 317 g/mol. The van der Waals surface area contributed by atoms with E-state index in [1.165, 1.54) is 19.9 Å². The largest absolute Gasteiger partial charge is 0.399 e. The van der Waals surface area contributed by atoms with Crippen molar-refractivity contribution < 1.29 is 18.4 Å². The molecule has 1 aromatic carbocycles. The van der Waals surface area contributed by atoms with Crippen molar-refractivity contribution in [3.8, 4) is 0 Å². The molecule has 0 unspecified atom stereocenters. The molecule has 21 heavy (non-hydrogen) atoms. The van der Waals surface area contributed by atoms with Gasteiger partial charge < -0.3 is 10.8 Å².